The number of rotatable bonds is 3. The van der Waals surface area contributed by atoms with Gasteiger partial charge in [-0.05, 0) is 33.1 Å². The molecule has 1 saturated heterocycles. The van der Waals surface area contributed by atoms with Crippen LogP contribution in [-0.4, -0.2) is 23.1 Å². The molecule has 1 aromatic heterocycles. The van der Waals surface area contributed by atoms with Crippen LogP contribution in [0.25, 0.3) is 0 Å². The number of anilines is 1. The van der Waals surface area contributed by atoms with E-state index in [1.54, 1.807) is 0 Å². The van der Waals surface area contributed by atoms with Crippen molar-refractivity contribution >= 4 is 5.82 Å². The van der Waals surface area contributed by atoms with Gasteiger partial charge in [0.2, 0.25) is 0 Å². The topological polar surface area (TPSA) is 47.0 Å². The van der Waals surface area contributed by atoms with Crippen LogP contribution in [0, 0.1) is 6.92 Å². The van der Waals surface area contributed by atoms with Crippen molar-refractivity contribution in [1.29, 1.82) is 0 Å². The van der Waals surface area contributed by atoms with Gasteiger partial charge in [0.05, 0.1) is 6.10 Å². The summed E-state index contributed by atoms with van der Waals surface area (Å²) >= 11 is 0. The van der Waals surface area contributed by atoms with Crippen molar-refractivity contribution in [3.05, 3.63) is 17.1 Å². The van der Waals surface area contributed by atoms with Gasteiger partial charge < -0.3 is 10.1 Å². The minimum absolute atomic E-state index is 0.0722. The van der Waals surface area contributed by atoms with Gasteiger partial charge in [-0.1, -0.05) is 6.92 Å². The number of hydrogen-bond acceptors (Lipinski definition) is 4. The average molecular weight is 235 g/mol. The molecule has 4 nitrogen and oxygen atoms in total. The Morgan fingerprint density at radius 3 is 2.65 bits per heavy atom. The van der Waals surface area contributed by atoms with Gasteiger partial charge in [0.25, 0.3) is 0 Å². The molecule has 0 amide bonds. The maximum absolute atomic E-state index is 5.83. The standard InChI is InChI=1S/C13H21N3O/c1-5-10-9(3)12(14-4)16-13(15-10)11-7-6-8(2)17-11/h8,11H,5-7H2,1-4H3,(H,14,15,16). The maximum Gasteiger partial charge on any atom is 0.159 e. The fraction of sp³-hybridized carbons (Fsp3) is 0.692. The summed E-state index contributed by atoms with van der Waals surface area (Å²) in [5.74, 6) is 1.76. The van der Waals surface area contributed by atoms with Gasteiger partial charge >= 0.3 is 0 Å². The Balaban J connectivity index is 2.34. The SMILES string of the molecule is CCc1nc(C2CCC(C)O2)nc(NC)c1C. The maximum atomic E-state index is 5.83. The van der Waals surface area contributed by atoms with Gasteiger partial charge in [-0.15, -0.1) is 0 Å². The second kappa shape index (κ2) is 5.00. The van der Waals surface area contributed by atoms with Crippen LogP contribution in [0.3, 0.4) is 0 Å². The highest BCUT2D eigenvalue weighted by Crippen LogP contribution is 2.31. The Bertz CT molecular complexity index is 381. The largest absolute Gasteiger partial charge is 0.373 e. The first-order valence-corrected chi connectivity index (χ1v) is 6.36. The van der Waals surface area contributed by atoms with Gasteiger partial charge in [0.15, 0.2) is 5.82 Å². The smallest absolute Gasteiger partial charge is 0.159 e. The van der Waals surface area contributed by atoms with Crippen molar-refractivity contribution in [1.82, 2.24) is 9.97 Å². The lowest BCUT2D eigenvalue weighted by atomic mass is 10.1. The third-order valence-corrected chi connectivity index (χ3v) is 3.36. The van der Waals surface area contributed by atoms with Crippen LogP contribution in [0.2, 0.25) is 0 Å². The lowest BCUT2D eigenvalue weighted by Crippen LogP contribution is -2.11. The first-order chi connectivity index (χ1) is 8.15. The number of nitrogens with zero attached hydrogens (tertiary/aromatic N) is 2. The van der Waals surface area contributed by atoms with Crippen LogP contribution in [0.1, 0.15) is 49.9 Å². The van der Waals surface area contributed by atoms with Crippen LogP contribution < -0.4 is 5.32 Å². The van der Waals surface area contributed by atoms with E-state index < -0.39 is 0 Å². The second-order valence-corrected chi connectivity index (χ2v) is 4.62. The Hall–Kier alpha value is -1.16. The van der Waals surface area contributed by atoms with Crippen LogP contribution in [0.15, 0.2) is 0 Å². The Kier molecular flexibility index (Phi) is 3.62. The molecule has 17 heavy (non-hydrogen) atoms. The van der Waals surface area contributed by atoms with Crippen molar-refractivity contribution in [3.63, 3.8) is 0 Å². The lowest BCUT2D eigenvalue weighted by molar-refractivity contribution is 0.0502. The van der Waals surface area contributed by atoms with Gasteiger partial charge in [0.1, 0.15) is 11.9 Å². The first-order valence-electron chi connectivity index (χ1n) is 6.36. The minimum atomic E-state index is 0.0722. The zero-order valence-electron chi connectivity index (χ0n) is 11.1. The molecule has 0 aliphatic carbocycles. The molecule has 2 rings (SSSR count). The third-order valence-electron chi connectivity index (χ3n) is 3.36. The molecule has 0 saturated carbocycles. The molecule has 94 valence electrons. The van der Waals surface area contributed by atoms with Gasteiger partial charge in [-0.3, -0.25) is 0 Å². The van der Waals surface area contributed by atoms with E-state index in [0.29, 0.717) is 6.10 Å². The number of hydrogen-bond donors (Lipinski definition) is 1. The normalized spacial score (nSPS) is 24.0. The molecule has 1 aliphatic heterocycles. The molecule has 1 fully saturated rings. The molecule has 0 spiro atoms. The molecule has 0 radical (unpaired) electrons. The lowest BCUT2D eigenvalue weighted by Gasteiger charge is -2.15. The molecule has 1 aromatic rings. The molecule has 2 unspecified atom stereocenters. The van der Waals surface area contributed by atoms with Crippen molar-refractivity contribution in [2.45, 2.75) is 52.2 Å². The molecule has 0 bridgehead atoms. The second-order valence-electron chi connectivity index (χ2n) is 4.62. The van der Waals surface area contributed by atoms with Gasteiger partial charge in [-0.2, -0.15) is 0 Å². The molecular formula is C13H21N3O. The van der Waals surface area contributed by atoms with Crippen molar-refractivity contribution in [3.8, 4) is 0 Å². The first kappa shape index (κ1) is 12.3. The van der Waals surface area contributed by atoms with Gasteiger partial charge in [-0.25, -0.2) is 9.97 Å². The number of aromatic nitrogens is 2. The van der Waals surface area contributed by atoms with E-state index in [4.69, 9.17) is 4.74 Å². The van der Waals surface area contributed by atoms with Crippen molar-refractivity contribution in [2.75, 3.05) is 12.4 Å². The molecule has 4 heteroatoms. The highest BCUT2D eigenvalue weighted by Gasteiger charge is 2.26. The van der Waals surface area contributed by atoms with E-state index in [1.165, 1.54) is 0 Å². The Labute approximate surface area is 103 Å². The number of nitrogens with one attached hydrogen (secondary N) is 1. The molecule has 2 atom stereocenters. The van der Waals surface area contributed by atoms with E-state index in [9.17, 15) is 0 Å². The van der Waals surface area contributed by atoms with E-state index >= 15 is 0 Å². The molecule has 1 aliphatic rings. The van der Waals surface area contributed by atoms with Crippen LogP contribution in [0.4, 0.5) is 5.82 Å². The van der Waals surface area contributed by atoms with Crippen LogP contribution in [-0.2, 0) is 11.2 Å². The van der Waals surface area contributed by atoms with E-state index in [-0.39, 0.29) is 6.10 Å². The van der Waals surface area contributed by atoms with E-state index in [0.717, 1.165) is 42.2 Å². The van der Waals surface area contributed by atoms with E-state index in [2.05, 4.69) is 36.1 Å². The number of aryl methyl sites for hydroxylation is 1. The fourth-order valence-corrected chi connectivity index (χ4v) is 2.31. The highest BCUT2D eigenvalue weighted by molar-refractivity contribution is 5.45. The highest BCUT2D eigenvalue weighted by atomic mass is 16.5. The predicted molar refractivity (Wildman–Crippen MR) is 68.2 cm³/mol. The summed E-state index contributed by atoms with van der Waals surface area (Å²) in [5, 5.41) is 3.14. The van der Waals surface area contributed by atoms with E-state index in [1.807, 2.05) is 7.05 Å². The molecule has 0 aromatic carbocycles. The summed E-state index contributed by atoms with van der Waals surface area (Å²) in [6, 6.07) is 0. The molecule has 2 heterocycles. The van der Waals surface area contributed by atoms with Crippen molar-refractivity contribution < 1.29 is 4.74 Å². The van der Waals surface area contributed by atoms with Crippen LogP contribution in [0.5, 0.6) is 0 Å². The summed E-state index contributed by atoms with van der Waals surface area (Å²) < 4.78 is 5.83. The Morgan fingerprint density at radius 1 is 1.35 bits per heavy atom. The average Bonchev–Trinajstić information content (AvgIpc) is 2.76. The Morgan fingerprint density at radius 2 is 2.12 bits per heavy atom. The monoisotopic (exact) mass is 235 g/mol. The number of ether oxygens (including phenoxy) is 1. The third kappa shape index (κ3) is 2.41. The molecular weight excluding hydrogens is 214 g/mol. The molecule has 1 N–H and O–H groups in total. The zero-order chi connectivity index (χ0) is 12.4. The quantitative estimate of drug-likeness (QED) is 0.875. The predicted octanol–water partition coefficient (Wildman–Crippen LogP) is 2.63. The minimum Gasteiger partial charge on any atom is -0.373 e. The fourth-order valence-electron chi connectivity index (χ4n) is 2.31. The van der Waals surface area contributed by atoms with Gasteiger partial charge in [0, 0.05) is 18.3 Å². The summed E-state index contributed by atoms with van der Waals surface area (Å²) in [4.78, 5) is 9.21. The summed E-state index contributed by atoms with van der Waals surface area (Å²) in [7, 11) is 1.90. The summed E-state index contributed by atoms with van der Waals surface area (Å²) in [5.41, 5.74) is 2.26. The summed E-state index contributed by atoms with van der Waals surface area (Å²) in [6.07, 6.45) is 3.45. The zero-order valence-corrected chi connectivity index (χ0v) is 11.1. The van der Waals surface area contributed by atoms with Crippen LogP contribution >= 0.6 is 0 Å². The van der Waals surface area contributed by atoms with Crippen molar-refractivity contribution in [2.24, 2.45) is 0 Å². The summed E-state index contributed by atoms with van der Waals surface area (Å²) in [6.45, 7) is 6.29.